The summed E-state index contributed by atoms with van der Waals surface area (Å²) in [5.41, 5.74) is 3.63. The monoisotopic (exact) mass is 398 g/mol. The Morgan fingerprint density at radius 1 is 1.07 bits per heavy atom. The van der Waals surface area contributed by atoms with Gasteiger partial charge in [-0.25, -0.2) is 0 Å². The smallest absolute Gasteiger partial charge is 0.226 e. The van der Waals surface area contributed by atoms with Crippen LogP contribution in [0, 0.1) is 6.92 Å². The summed E-state index contributed by atoms with van der Waals surface area (Å²) in [6, 6.07) is 11.2. The molecule has 0 bridgehead atoms. The molecule has 2 aromatic carbocycles. The number of benzene rings is 2. The van der Waals surface area contributed by atoms with Crippen LogP contribution in [0.5, 0.6) is 11.5 Å². The Balaban J connectivity index is 2.14. The number of hydrogen-bond donors (Lipinski definition) is 1. The summed E-state index contributed by atoms with van der Waals surface area (Å²) in [6.07, 6.45) is 0.180. The second-order valence-electron chi connectivity index (χ2n) is 7.21. The zero-order chi connectivity index (χ0) is 21.6. The maximum atomic E-state index is 12.5. The van der Waals surface area contributed by atoms with Crippen molar-refractivity contribution < 1.29 is 19.1 Å². The van der Waals surface area contributed by atoms with Crippen molar-refractivity contribution in [2.75, 3.05) is 31.0 Å². The fourth-order valence-electron chi connectivity index (χ4n) is 3.29. The lowest BCUT2D eigenvalue weighted by Gasteiger charge is -2.27. The van der Waals surface area contributed by atoms with Crippen molar-refractivity contribution in [3.63, 3.8) is 0 Å². The number of aryl methyl sites for hydroxylation is 1. The van der Waals surface area contributed by atoms with Gasteiger partial charge in [0.25, 0.3) is 0 Å². The van der Waals surface area contributed by atoms with Gasteiger partial charge in [0, 0.05) is 37.3 Å². The number of para-hydroxylation sites is 1. The van der Waals surface area contributed by atoms with E-state index in [9.17, 15) is 9.59 Å². The predicted molar refractivity (Wildman–Crippen MR) is 116 cm³/mol. The molecule has 0 heterocycles. The highest BCUT2D eigenvalue weighted by Crippen LogP contribution is 2.32. The van der Waals surface area contributed by atoms with Crippen LogP contribution >= 0.6 is 0 Å². The molecular weight excluding hydrogens is 368 g/mol. The first kappa shape index (κ1) is 22.3. The molecule has 0 aliphatic carbocycles. The van der Waals surface area contributed by atoms with Gasteiger partial charge >= 0.3 is 0 Å². The Morgan fingerprint density at radius 2 is 1.76 bits per heavy atom. The van der Waals surface area contributed by atoms with E-state index in [1.54, 1.807) is 37.3 Å². The molecule has 0 spiro atoms. The Morgan fingerprint density at radius 3 is 2.34 bits per heavy atom. The summed E-state index contributed by atoms with van der Waals surface area (Å²) < 4.78 is 10.5. The van der Waals surface area contributed by atoms with Gasteiger partial charge in [-0.05, 0) is 36.1 Å². The Hall–Kier alpha value is -3.02. The SMILES string of the molecule is COc1ccc(NC(=O)CCN(C(C)=O)c2c(C)cccc2C(C)C)cc1OC. The zero-order valence-electron chi connectivity index (χ0n) is 18.0. The molecule has 0 fully saturated rings. The maximum absolute atomic E-state index is 12.5. The van der Waals surface area contributed by atoms with Gasteiger partial charge < -0.3 is 19.7 Å². The Labute approximate surface area is 172 Å². The number of nitrogens with one attached hydrogen (secondary N) is 1. The Bertz CT molecular complexity index is 877. The minimum Gasteiger partial charge on any atom is -0.493 e. The second-order valence-corrected chi connectivity index (χ2v) is 7.21. The van der Waals surface area contributed by atoms with E-state index >= 15 is 0 Å². The second kappa shape index (κ2) is 9.96. The Kier molecular flexibility index (Phi) is 7.65. The predicted octanol–water partition coefficient (Wildman–Crippen LogP) is 4.52. The van der Waals surface area contributed by atoms with Crippen LogP contribution in [-0.2, 0) is 9.59 Å². The third kappa shape index (κ3) is 5.50. The molecular formula is C23H30N2O4. The molecule has 6 nitrogen and oxygen atoms in total. The van der Waals surface area contributed by atoms with E-state index in [2.05, 4.69) is 19.2 Å². The molecule has 0 radical (unpaired) electrons. The molecule has 1 N–H and O–H groups in total. The van der Waals surface area contributed by atoms with Gasteiger partial charge in [-0.1, -0.05) is 32.0 Å². The zero-order valence-corrected chi connectivity index (χ0v) is 18.0. The topological polar surface area (TPSA) is 67.9 Å². The number of methoxy groups -OCH3 is 2. The molecule has 29 heavy (non-hydrogen) atoms. The van der Waals surface area contributed by atoms with E-state index in [0.717, 1.165) is 16.8 Å². The van der Waals surface area contributed by atoms with Gasteiger partial charge in [-0.3, -0.25) is 9.59 Å². The summed E-state index contributed by atoms with van der Waals surface area (Å²) in [6.45, 7) is 8.02. The van der Waals surface area contributed by atoms with E-state index in [4.69, 9.17) is 9.47 Å². The minimum absolute atomic E-state index is 0.0832. The van der Waals surface area contributed by atoms with Gasteiger partial charge in [0.15, 0.2) is 11.5 Å². The number of carbonyl (C=O) groups excluding carboxylic acids is 2. The molecule has 0 unspecified atom stereocenters. The molecule has 0 aliphatic heterocycles. The van der Waals surface area contributed by atoms with Crippen LogP contribution in [-0.4, -0.2) is 32.6 Å². The molecule has 0 saturated heterocycles. The van der Waals surface area contributed by atoms with Gasteiger partial charge in [0.2, 0.25) is 11.8 Å². The van der Waals surface area contributed by atoms with Crippen molar-refractivity contribution in [2.24, 2.45) is 0 Å². The highest BCUT2D eigenvalue weighted by Gasteiger charge is 2.20. The third-order valence-corrected chi connectivity index (χ3v) is 4.77. The minimum atomic E-state index is -0.178. The maximum Gasteiger partial charge on any atom is 0.226 e. The lowest BCUT2D eigenvalue weighted by atomic mass is 9.97. The van der Waals surface area contributed by atoms with Crippen LogP contribution < -0.4 is 19.7 Å². The van der Waals surface area contributed by atoms with E-state index in [0.29, 0.717) is 23.7 Å². The van der Waals surface area contributed by atoms with Crippen molar-refractivity contribution in [2.45, 2.75) is 40.0 Å². The van der Waals surface area contributed by atoms with Crippen LogP contribution in [0.1, 0.15) is 44.2 Å². The molecule has 2 aromatic rings. The normalized spacial score (nSPS) is 10.6. The van der Waals surface area contributed by atoms with Crippen LogP contribution in [0.3, 0.4) is 0 Å². The van der Waals surface area contributed by atoms with Crippen molar-refractivity contribution in [1.29, 1.82) is 0 Å². The number of ether oxygens (including phenoxy) is 2. The van der Waals surface area contributed by atoms with E-state index in [1.165, 1.54) is 6.92 Å². The average molecular weight is 399 g/mol. The quantitative estimate of drug-likeness (QED) is 0.710. The standard InChI is InChI=1S/C23H30N2O4/c1-15(2)19-9-7-8-16(3)23(19)25(17(4)26)13-12-22(27)24-18-10-11-20(28-5)21(14-18)29-6/h7-11,14-15H,12-13H2,1-6H3,(H,24,27). The summed E-state index contributed by atoms with van der Waals surface area (Å²) >= 11 is 0. The first-order valence-corrected chi connectivity index (χ1v) is 9.68. The molecule has 2 amide bonds. The van der Waals surface area contributed by atoms with Crippen LogP contribution in [0.2, 0.25) is 0 Å². The molecule has 0 atom stereocenters. The van der Waals surface area contributed by atoms with Crippen LogP contribution in [0.15, 0.2) is 36.4 Å². The number of amides is 2. The molecule has 2 rings (SSSR count). The average Bonchev–Trinajstić information content (AvgIpc) is 2.68. The molecule has 0 saturated carbocycles. The van der Waals surface area contributed by atoms with Crippen LogP contribution in [0.25, 0.3) is 0 Å². The highest BCUT2D eigenvalue weighted by molar-refractivity contribution is 5.96. The molecule has 156 valence electrons. The molecule has 0 aromatic heterocycles. The number of hydrogen-bond acceptors (Lipinski definition) is 4. The third-order valence-electron chi connectivity index (χ3n) is 4.77. The number of nitrogens with zero attached hydrogens (tertiary/aromatic N) is 1. The summed E-state index contributed by atoms with van der Waals surface area (Å²) in [5, 5.41) is 2.85. The molecule has 6 heteroatoms. The molecule has 0 aliphatic rings. The summed E-state index contributed by atoms with van der Waals surface area (Å²) in [7, 11) is 3.10. The van der Waals surface area contributed by atoms with Crippen molar-refractivity contribution in [3.05, 3.63) is 47.5 Å². The highest BCUT2D eigenvalue weighted by atomic mass is 16.5. The lowest BCUT2D eigenvalue weighted by molar-refractivity contribution is -0.117. The van der Waals surface area contributed by atoms with Crippen molar-refractivity contribution >= 4 is 23.2 Å². The summed E-state index contributed by atoms with van der Waals surface area (Å²) in [4.78, 5) is 26.6. The summed E-state index contributed by atoms with van der Waals surface area (Å²) in [5.74, 6) is 1.14. The first-order chi connectivity index (χ1) is 13.8. The van der Waals surface area contributed by atoms with E-state index in [1.807, 2.05) is 25.1 Å². The fraction of sp³-hybridized carbons (Fsp3) is 0.391. The largest absolute Gasteiger partial charge is 0.493 e. The van der Waals surface area contributed by atoms with Gasteiger partial charge in [-0.2, -0.15) is 0 Å². The lowest BCUT2D eigenvalue weighted by Crippen LogP contribution is -2.33. The van der Waals surface area contributed by atoms with Gasteiger partial charge in [-0.15, -0.1) is 0 Å². The van der Waals surface area contributed by atoms with Crippen molar-refractivity contribution in [3.8, 4) is 11.5 Å². The number of carbonyl (C=O) groups is 2. The fourth-order valence-corrected chi connectivity index (χ4v) is 3.29. The van der Waals surface area contributed by atoms with Crippen LogP contribution in [0.4, 0.5) is 11.4 Å². The van der Waals surface area contributed by atoms with Crippen molar-refractivity contribution in [1.82, 2.24) is 0 Å². The number of anilines is 2. The van der Waals surface area contributed by atoms with Gasteiger partial charge in [0.05, 0.1) is 14.2 Å². The number of rotatable bonds is 8. The first-order valence-electron chi connectivity index (χ1n) is 9.68. The van der Waals surface area contributed by atoms with Gasteiger partial charge in [0.1, 0.15) is 0 Å². The van der Waals surface area contributed by atoms with E-state index in [-0.39, 0.29) is 24.2 Å². The van der Waals surface area contributed by atoms with E-state index < -0.39 is 0 Å².